The van der Waals surface area contributed by atoms with Gasteiger partial charge in [0, 0.05) is 13.1 Å². The molecule has 0 saturated heterocycles. The van der Waals surface area contributed by atoms with Crippen molar-refractivity contribution in [2.45, 2.75) is 26.4 Å². The van der Waals surface area contributed by atoms with Gasteiger partial charge in [-0.25, -0.2) is 0 Å². The molecule has 1 aromatic heterocycles. The van der Waals surface area contributed by atoms with Crippen LogP contribution in [-0.4, -0.2) is 15.7 Å². The van der Waals surface area contributed by atoms with Crippen molar-refractivity contribution in [3.63, 3.8) is 0 Å². The Morgan fingerprint density at radius 1 is 0.913 bits per heavy atom. The van der Waals surface area contributed by atoms with E-state index in [4.69, 9.17) is 10.1 Å². The summed E-state index contributed by atoms with van der Waals surface area (Å²) < 4.78 is 9.83. The summed E-state index contributed by atoms with van der Waals surface area (Å²) in [5, 5.41) is 8.36. The lowest BCUT2D eigenvalue weighted by atomic mass is 10.3. The van der Waals surface area contributed by atoms with Gasteiger partial charge in [0.25, 0.3) is 0 Å². The van der Waals surface area contributed by atoms with Gasteiger partial charge in [-0.15, -0.1) is 0 Å². The van der Waals surface area contributed by atoms with Crippen molar-refractivity contribution in [3.8, 4) is 5.75 Å². The molecule has 0 aliphatic rings. The average molecular weight is 331 g/mol. The van der Waals surface area contributed by atoms with Crippen LogP contribution in [0, 0.1) is 5.41 Å². The first-order valence-electron chi connectivity index (χ1n) is 7.71. The number of hydrogen-bond acceptors (Lipinski definition) is 2. The third-order valence-corrected chi connectivity index (χ3v) is 3.83. The van der Waals surface area contributed by atoms with E-state index in [0.29, 0.717) is 12.2 Å². The Morgan fingerprint density at radius 3 is 2.17 bits per heavy atom. The molecule has 3 aromatic rings. The highest BCUT2D eigenvalue weighted by Crippen LogP contribution is 2.13. The summed E-state index contributed by atoms with van der Waals surface area (Å²) in [6, 6.07) is 18.1. The topological polar surface area (TPSA) is 42.9 Å². The zero-order valence-electron chi connectivity index (χ0n) is 13.2. The van der Waals surface area contributed by atoms with Crippen LogP contribution in [0.3, 0.4) is 0 Å². The fourth-order valence-electron chi connectivity index (χ4n) is 2.77. The maximum absolute atomic E-state index is 8.36. The number of halogens is 1. The molecular formula is C18H21ClN3O-. The number of para-hydroxylation sites is 3. The number of aromatic nitrogens is 2. The molecule has 0 fully saturated rings. The summed E-state index contributed by atoms with van der Waals surface area (Å²) in [4.78, 5) is 0. The predicted octanol–water partition coefficient (Wildman–Crippen LogP) is 0.415. The molecule has 4 nitrogen and oxygen atoms in total. The van der Waals surface area contributed by atoms with Gasteiger partial charge >= 0.3 is 0 Å². The third kappa shape index (κ3) is 3.59. The lowest BCUT2D eigenvalue weighted by Gasteiger charge is -2.07. The molecular weight excluding hydrogens is 310 g/mol. The van der Waals surface area contributed by atoms with Crippen molar-refractivity contribution >= 4 is 11.0 Å². The van der Waals surface area contributed by atoms with E-state index in [1.807, 2.05) is 47.0 Å². The van der Waals surface area contributed by atoms with E-state index in [1.54, 1.807) is 0 Å². The number of nitrogens with one attached hydrogen (secondary N) is 1. The molecule has 5 heteroatoms. The molecule has 0 spiro atoms. The van der Waals surface area contributed by atoms with E-state index < -0.39 is 0 Å². The van der Waals surface area contributed by atoms with E-state index in [9.17, 15) is 0 Å². The van der Waals surface area contributed by atoms with Gasteiger partial charge in [0.05, 0.1) is 17.6 Å². The van der Waals surface area contributed by atoms with Gasteiger partial charge < -0.3 is 26.3 Å². The molecule has 0 unspecified atom stereocenters. The Morgan fingerprint density at radius 2 is 1.52 bits per heavy atom. The number of fused-ring (bicyclic) bond motifs is 1. The summed E-state index contributed by atoms with van der Waals surface area (Å²) in [7, 11) is 0. The average Bonchev–Trinajstić information content (AvgIpc) is 2.84. The summed E-state index contributed by atoms with van der Waals surface area (Å²) in [5.41, 5.74) is 2.80. The molecule has 1 heterocycles. The number of imidazole rings is 1. The van der Waals surface area contributed by atoms with Gasteiger partial charge in [0.2, 0.25) is 5.62 Å². The van der Waals surface area contributed by atoms with Gasteiger partial charge in [-0.3, -0.25) is 5.41 Å². The molecule has 122 valence electrons. The molecule has 0 aliphatic carbocycles. The molecule has 0 bridgehead atoms. The van der Waals surface area contributed by atoms with Gasteiger partial charge in [0.15, 0.2) is 0 Å². The highest BCUT2D eigenvalue weighted by molar-refractivity contribution is 5.75. The van der Waals surface area contributed by atoms with E-state index in [-0.39, 0.29) is 12.4 Å². The maximum Gasteiger partial charge on any atom is 0.202 e. The van der Waals surface area contributed by atoms with Crippen LogP contribution >= 0.6 is 0 Å². The minimum absolute atomic E-state index is 0. The van der Waals surface area contributed by atoms with Crippen LogP contribution in [0.25, 0.3) is 11.0 Å². The van der Waals surface area contributed by atoms with Crippen LogP contribution in [0.2, 0.25) is 0 Å². The molecule has 0 radical (unpaired) electrons. The quantitative estimate of drug-likeness (QED) is 0.654. The highest BCUT2D eigenvalue weighted by Gasteiger charge is 2.08. The molecule has 3 rings (SSSR count). The molecule has 23 heavy (non-hydrogen) atoms. The SMILES string of the molecule is CCn1c(=N)n(CCCOc2ccccc2)c2ccccc21.[Cl-]. The first-order chi connectivity index (χ1) is 10.8. The lowest BCUT2D eigenvalue weighted by Crippen LogP contribution is -3.00. The Balaban J connectivity index is 0.00000192. The van der Waals surface area contributed by atoms with Crippen molar-refractivity contribution in [2.75, 3.05) is 6.61 Å². The van der Waals surface area contributed by atoms with E-state index in [2.05, 4.69) is 23.6 Å². The van der Waals surface area contributed by atoms with E-state index in [0.717, 1.165) is 36.3 Å². The van der Waals surface area contributed by atoms with Crippen LogP contribution < -0.4 is 22.8 Å². The third-order valence-electron chi connectivity index (χ3n) is 3.83. The first-order valence-corrected chi connectivity index (χ1v) is 7.71. The Labute approximate surface area is 142 Å². The second-order valence-corrected chi connectivity index (χ2v) is 5.22. The van der Waals surface area contributed by atoms with Crippen LogP contribution in [0.5, 0.6) is 5.75 Å². The summed E-state index contributed by atoms with van der Waals surface area (Å²) in [5.74, 6) is 0.898. The molecule has 0 atom stereocenters. The number of nitrogens with zero attached hydrogens (tertiary/aromatic N) is 2. The fourth-order valence-corrected chi connectivity index (χ4v) is 2.77. The van der Waals surface area contributed by atoms with Crippen molar-refractivity contribution < 1.29 is 17.1 Å². The second-order valence-electron chi connectivity index (χ2n) is 5.22. The van der Waals surface area contributed by atoms with Crippen molar-refractivity contribution in [3.05, 3.63) is 60.2 Å². The summed E-state index contributed by atoms with van der Waals surface area (Å²) in [6.45, 7) is 4.33. The van der Waals surface area contributed by atoms with Crippen LogP contribution in [0.1, 0.15) is 13.3 Å². The molecule has 2 aromatic carbocycles. The van der Waals surface area contributed by atoms with Crippen molar-refractivity contribution in [1.82, 2.24) is 9.13 Å². The number of hydrogen-bond donors (Lipinski definition) is 1. The van der Waals surface area contributed by atoms with Gasteiger partial charge in [-0.05, 0) is 37.6 Å². The van der Waals surface area contributed by atoms with Gasteiger partial charge in [0.1, 0.15) is 5.75 Å². The molecule has 0 amide bonds. The standard InChI is InChI=1S/C18H21N3O.ClH/c1-2-20-16-11-6-7-12-17(16)21(18(20)19)13-8-14-22-15-9-4-3-5-10-15;/h3-7,9-12,19H,2,8,13-14H2,1H3;1H/p-1. The predicted molar refractivity (Wildman–Crippen MR) is 88.0 cm³/mol. The molecule has 0 aliphatic heterocycles. The zero-order chi connectivity index (χ0) is 15.4. The monoisotopic (exact) mass is 330 g/mol. The normalized spacial score (nSPS) is 10.5. The zero-order valence-corrected chi connectivity index (χ0v) is 14.0. The number of rotatable bonds is 6. The number of aryl methyl sites for hydroxylation is 2. The largest absolute Gasteiger partial charge is 1.00 e. The summed E-state index contributed by atoms with van der Waals surface area (Å²) >= 11 is 0. The van der Waals surface area contributed by atoms with E-state index >= 15 is 0 Å². The Hall–Kier alpha value is -2.20. The summed E-state index contributed by atoms with van der Waals surface area (Å²) in [6.07, 6.45) is 0.878. The fraction of sp³-hybridized carbons (Fsp3) is 0.278. The van der Waals surface area contributed by atoms with E-state index in [1.165, 1.54) is 0 Å². The maximum atomic E-state index is 8.36. The minimum Gasteiger partial charge on any atom is -1.00 e. The highest BCUT2D eigenvalue weighted by atomic mass is 35.5. The van der Waals surface area contributed by atoms with Crippen LogP contribution in [0.4, 0.5) is 0 Å². The Kier molecular flexibility index (Phi) is 5.88. The Bertz CT molecular complexity index is 808. The minimum atomic E-state index is 0. The van der Waals surface area contributed by atoms with Gasteiger partial charge in [-0.2, -0.15) is 0 Å². The van der Waals surface area contributed by atoms with Crippen molar-refractivity contribution in [1.29, 1.82) is 5.41 Å². The molecule has 1 N–H and O–H groups in total. The number of benzene rings is 2. The lowest BCUT2D eigenvalue weighted by molar-refractivity contribution is -0.00000528. The van der Waals surface area contributed by atoms with Crippen LogP contribution in [0.15, 0.2) is 54.6 Å². The second kappa shape index (κ2) is 7.88. The van der Waals surface area contributed by atoms with Crippen molar-refractivity contribution in [2.24, 2.45) is 0 Å². The van der Waals surface area contributed by atoms with Gasteiger partial charge in [-0.1, -0.05) is 30.3 Å². The number of ether oxygens (including phenoxy) is 1. The first kappa shape index (κ1) is 17.2. The smallest absolute Gasteiger partial charge is 0.202 e. The van der Waals surface area contributed by atoms with Crippen LogP contribution in [-0.2, 0) is 13.1 Å². The molecule has 0 saturated carbocycles.